The zero-order chi connectivity index (χ0) is 18.0. The van der Waals surface area contributed by atoms with Gasteiger partial charge in [0.25, 0.3) is 5.91 Å². The molecule has 3 saturated heterocycles. The number of carbonyl (C=O) groups is 3. The Morgan fingerprint density at radius 3 is 2.69 bits per heavy atom. The van der Waals surface area contributed by atoms with Crippen LogP contribution in [-0.2, 0) is 16.1 Å². The molecule has 4 aliphatic heterocycles. The van der Waals surface area contributed by atoms with Crippen molar-refractivity contribution >= 4 is 23.4 Å². The maximum atomic E-state index is 14.7. The lowest BCUT2D eigenvalue weighted by Gasteiger charge is -2.30. The van der Waals surface area contributed by atoms with E-state index in [2.05, 4.69) is 15.5 Å². The highest BCUT2D eigenvalue weighted by molar-refractivity contribution is 6.05. The number of nitrogens with one attached hydrogen (secondary N) is 2. The molecule has 26 heavy (non-hydrogen) atoms. The van der Waals surface area contributed by atoms with E-state index < -0.39 is 17.8 Å². The summed E-state index contributed by atoms with van der Waals surface area (Å²) in [4.78, 5) is 39.7. The van der Waals surface area contributed by atoms with Crippen LogP contribution in [-0.4, -0.2) is 53.8 Å². The Bertz CT molecular complexity index is 842. The minimum atomic E-state index is -0.675. The molecule has 1 unspecified atom stereocenters. The molecule has 5 rings (SSSR count). The fourth-order valence-corrected chi connectivity index (χ4v) is 4.65. The predicted molar refractivity (Wildman–Crippen MR) is 90.0 cm³/mol. The number of imide groups is 1. The van der Waals surface area contributed by atoms with Crippen LogP contribution < -0.4 is 15.5 Å². The normalized spacial score (nSPS) is 30.2. The number of hydrogen-bond acceptors (Lipinski definition) is 5. The first-order valence-electron chi connectivity index (χ1n) is 8.98. The van der Waals surface area contributed by atoms with Crippen molar-refractivity contribution in [1.29, 1.82) is 0 Å². The highest BCUT2D eigenvalue weighted by Gasteiger charge is 2.42. The summed E-state index contributed by atoms with van der Waals surface area (Å²) in [6.07, 6.45) is 1.53. The lowest BCUT2D eigenvalue weighted by molar-refractivity contribution is -0.136. The van der Waals surface area contributed by atoms with Gasteiger partial charge in [0.1, 0.15) is 11.9 Å². The molecule has 0 aliphatic carbocycles. The van der Waals surface area contributed by atoms with E-state index in [1.165, 1.54) is 11.0 Å². The van der Waals surface area contributed by atoms with Gasteiger partial charge in [0.2, 0.25) is 11.8 Å². The second-order valence-electron chi connectivity index (χ2n) is 7.51. The van der Waals surface area contributed by atoms with Crippen LogP contribution in [0.4, 0.5) is 10.1 Å². The number of halogens is 1. The molecular formula is C18H19FN4O3. The summed E-state index contributed by atoms with van der Waals surface area (Å²) in [7, 11) is 0. The molecule has 0 saturated carbocycles. The molecule has 136 valence electrons. The first-order chi connectivity index (χ1) is 12.5. The van der Waals surface area contributed by atoms with Crippen molar-refractivity contribution in [2.24, 2.45) is 0 Å². The zero-order valence-corrected chi connectivity index (χ0v) is 14.1. The fourth-order valence-electron chi connectivity index (χ4n) is 4.65. The molecule has 1 aromatic carbocycles. The van der Waals surface area contributed by atoms with Crippen LogP contribution in [0.3, 0.4) is 0 Å². The van der Waals surface area contributed by atoms with Gasteiger partial charge < -0.3 is 15.1 Å². The molecule has 0 radical (unpaired) electrons. The third-order valence-corrected chi connectivity index (χ3v) is 5.96. The summed E-state index contributed by atoms with van der Waals surface area (Å²) in [5.74, 6) is -1.51. The van der Waals surface area contributed by atoms with E-state index in [1.807, 2.05) is 0 Å². The Labute approximate surface area is 149 Å². The van der Waals surface area contributed by atoms with Gasteiger partial charge in [0, 0.05) is 43.7 Å². The number of nitrogens with zero attached hydrogens (tertiary/aromatic N) is 2. The van der Waals surface area contributed by atoms with Gasteiger partial charge in [-0.2, -0.15) is 0 Å². The second-order valence-corrected chi connectivity index (χ2v) is 7.51. The number of piperazine rings is 1. The molecule has 0 aromatic heterocycles. The molecule has 0 spiro atoms. The summed E-state index contributed by atoms with van der Waals surface area (Å²) in [5, 5.41) is 5.67. The largest absolute Gasteiger partial charge is 0.363 e. The topological polar surface area (TPSA) is 81.8 Å². The molecule has 4 aliphatic rings. The van der Waals surface area contributed by atoms with E-state index in [9.17, 15) is 18.8 Å². The summed E-state index contributed by atoms with van der Waals surface area (Å²) >= 11 is 0. The fraction of sp³-hybridized carbons (Fsp3) is 0.500. The van der Waals surface area contributed by atoms with E-state index in [0.29, 0.717) is 23.7 Å². The van der Waals surface area contributed by atoms with E-state index in [1.54, 1.807) is 6.07 Å². The molecule has 2 bridgehead atoms. The smallest absolute Gasteiger partial charge is 0.255 e. The number of rotatable bonds is 2. The van der Waals surface area contributed by atoms with Crippen molar-refractivity contribution in [2.45, 2.75) is 43.9 Å². The highest BCUT2D eigenvalue weighted by Crippen LogP contribution is 2.36. The summed E-state index contributed by atoms with van der Waals surface area (Å²) in [6.45, 7) is 1.89. The minimum absolute atomic E-state index is 0.208. The molecular weight excluding hydrogens is 339 g/mol. The maximum Gasteiger partial charge on any atom is 0.255 e. The maximum absolute atomic E-state index is 14.7. The Balaban J connectivity index is 1.44. The van der Waals surface area contributed by atoms with Crippen LogP contribution in [0.25, 0.3) is 0 Å². The lowest BCUT2D eigenvalue weighted by Crippen LogP contribution is -2.52. The standard InChI is InChI=1S/C18H19FN4O3/c19-13-5-12-9(3-15(13)22-8-10-4-11(22)6-20-10)7-23(18(12)26)14-1-2-16(24)21-17(14)25/h3,5,10-11,14,20H,1-2,4,6-8H2,(H,21,24,25)/t10-,11-,14?/m0/s1. The van der Waals surface area contributed by atoms with Crippen LogP contribution in [0.15, 0.2) is 12.1 Å². The molecule has 3 amide bonds. The third-order valence-electron chi connectivity index (χ3n) is 5.96. The van der Waals surface area contributed by atoms with Gasteiger partial charge >= 0.3 is 0 Å². The molecule has 4 heterocycles. The number of fused-ring (bicyclic) bond motifs is 3. The van der Waals surface area contributed by atoms with E-state index in [-0.39, 0.29) is 30.8 Å². The third kappa shape index (κ3) is 2.25. The first-order valence-corrected chi connectivity index (χ1v) is 8.98. The van der Waals surface area contributed by atoms with Crippen LogP contribution in [0.1, 0.15) is 35.2 Å². The van der Waals surface area contributed by atoms with Crippen molar-refractivity contribution in [1.82, 2.24) is 15.5 Å². The monoisotopic (exact) mass is 358 g/mol. The second kappa shape index (κ2) is 5.51. The van der Waals surface area contributed by atoms with Crippen molar-refractivity contribution < 1.29 is 18.8 Å². The Morgan fingerprint density at radius 1 is 1.15 bits per heavy atom. The number of carbonyl (C=O) groups excluding carboxylic acids is 3. The van der Waals surface area contributed by atoms with Gasteiger partial charge in [-0.1, -0.05) is 0 Å². The number of hydrogen-bond donors (Lipinski definition) is 2. The summed E-state index contributed by atoms with van der Waals surface area (Å²) in [5.41, 5.74) is 1.60. The summed E-state index contributed by atoms with van der Waals surface area (Å²) < 4.78 is 14.7. The summed E-state index contributed by atoms with van der Waals surface area (Å²) in [6, 6.07) is 3.07. The number of amides is 3. The molecule has 7 nitrogen and oxygen atoms in total. The van der Waals surface area contributed by atoms with Crippen LogP contribution >= 0.6 is 0 Å². The average molecular weight is 358 g/mol. The number of benzene rings is 1. The van der Waals surface area contributed by atoms with Crippen molar-refractivity contribution in [3.63, 3.8) is 0 Å². The Hall–Kier alpha value is -2.48. The van der Waals surface area contributed by atoms with E-state index >= 15 is 0 Å². The van der Waals surface area contributed by atoms with Gasteiger partial charge in [-0.15, -0.1) is 0 Å². The van der Waals surface area contributed by atoms with Crippen molar-refractivity contribution in [2.75, 3.05) is 18.0 Å². The van der Waals surface area contributed by atoms with Crippen LogP contribution in [0.2, 0.25) is 0 Å². The van der Waals surface area contributed by atoms with Crippen molar-refractivity contribution in [3.05, 3.63) is 29.1 Å². The van der Waals surface area contributed by atoms with Gasteiger partial charge in [0.15, 0.2) is 0 Å². The van der Waals surface area contributed by atoms with Gasteiger partial charge in [-0.05, 0) is 30.5 Å². The average Bonchev–Trinajstić information content (AvgIpc) is 3.30. The van der Waals surface area contributed by atoms with E-state index in [0.717, 1.165) is 25.1 Å². The first kappa shape index (κ1) is 15.7. The zero-order valence-electron chi connectivity index (χ0n) is 14.1. The predicted octanol–water partition coefficient (Wildman–Crippen LogP) is 0.137. The van der Waals surface area contributed by atoms with Gasteiger partial charge in [0.05, 0.1) is 5.69 Å². The Kier molecular flexibility index (Phi) is 3.34. The molecule has 1 aromatic rings. The number of anilines is 1. The van der Waals surface area contributed by atoms with Gasteiger partial charge in [-0.25, -0.2) is 4.39 Å². The van der Waals surface area contributed by atoms with Gasteiger partial charge in [-0.3, -0.25) is 19.7 Å². The molecule has 3 atom stereocenters. The van der Waals surface area contributed by atoms with Crippen LogP contribution in [0.5, 0.6) is 0 Å². The van der Waals surface area contributed by atoms with Crippen LogP contribution in [0, 0.1) is 5.82 Å². The molecule has 2 N–H and O–H groups in total. The van der Waals surface area contributed by atoms with E-state index in [4.69, 9.17) is 0 Å². The highest BCUT2D eigenvalue weighted by atomic mass is 19.1. The molecule has 3 fully saturated rings. The lowest BCUT2D eigenvalue weighted by atomic mass is 10.0. The minimum Gasteiger partial charge on any atom is -0.363 e. The Morgan fingerprint density at radius 2 is 2.00 bits per heavy atom. The SMILES string of the molecule is O=C1CCC(N2Cc3cc(N4C[C@@H]5C[C@H]4CN5)c(F)cc3C2=O)C(=O)N1. The quantitative estimate of drug-likeness (QED) is 0.735. The number of piperidine rings is 1. The van der Waals surface area contributed by atoms with Crippen molar-refractivity contribution in [3.8, 4) is 0 Å². The molecule has 8 heteroatoms.